The Bertz CT molecular complexity index is 546. The van der Waals surface area contributed by atoms with Gasteiger partial charge in [0.05, 0.1) is 12.7 Å². The van der Waals surface area contributed by atoms with E-state index in [2.05, 4.69) is 67.3 Å². The summed E-state index contributed by atoms with van der Waals surface area (Å²) in [5, 5.41) is 0. The SMILES string of the molecule is C=C[C@H]1[C@H](Cc2ccccc2)CO[C@H]1c1ccccc1. The van der Waals surface area contributed by atoms with E-state index in [4.69, 9.17) is 4.74 Å². The van der Waals surface area contributed by atoms with E-state index in [1.54, 1.807) is 0 Å². The van der Waals surface area contributed by atoms with E-state index >= 15 is 0 Å². The maximum absolute atomic E-state index is 6.06. The molecule has 1 saturated heterocycles. The summed E-state index contributed by atoms with van der Waals surface area (Å²) in [6, 6.07) is 21.1. The van der Waals surface area contributed by atoms with Crippen LogP contribution in [0.4, 0.5) is 0 Å². The normalized spacial score (nSPS) is 25.5. The lowest BCUT2D eigenvalue weighted by Gasteiger charge is -2.19. The molecule has 1 fully saturated rings. The standard InChI is InChI=1S/C19H20O/c1-2-18-17(13-15-9-5-3-6-10-15)14-20-19(18)16-11-7-4-8-12-16/h2-12,17-19H,1,13-14H2/t17-,18+,19+/m1/s1. The van der Waals surface area contributed by atoms with Crippen molar-refractivity contribution in [2.75, 3.05) is 6.61 Å². The van der Waals surface area contributed by atoms with Gasteiger partial charge in [-0.2, -0.15) is 0 Å². The summed E-state index contributed by atoms with van der Waals surface area (Å²) in [6.45, 7) is 4.84. The topological polar surface area (TPSA) is 9.23 Å². The first-order valence-electron chi connectivity index (χ1n) is 7.21. The van der Waals surface area contributed by atoms with E-state index in [0.29, 0.717) is 11.8 Å². The van der Waals surface area contributed by atoms with Crippen molar-refractivity contribution in [3.63, 3.8) is 0 Å². The summed E-state index contributed by atoms with van der Waals surface area (Å²) in [5.41, 5.74) is 2.63. The van der Waals surface area contributed by atoms with Crippen LogP contribution in [0.1, 0.15) is 17.2 Å². The average Bonchev–Trinajstić information content (AvgIpc) is 2.92. The van der Waals surface area contributed by atoms with Gasteiger partial charge in [0.2, 0.25) is 0 Å². The average molecular weight is 264 g/mol. The minimum absolute atomic E-state index is 0.155. The van der Waals surface area contributed by atoms with Gasteiger partial charge >= 0.3 is 0 Å². The summed E-state index contributed by atoms with van der Waals surface area (Å²) in [5.74, 6) is 0.901. The number of ether oxygens (including phenoxy) is 1. The highest BCUT2D eigenvalue weighted by atomic mass is 16.5. The van der Waals surface area contributed by atoms with Gasteiger partial charge in [0, 0.05) is 5.92 Å². The first-order chi connectivity index (χ1) is 9.88. The van der Waals surface area contributed by atoms with Crippen LogP contribution in [0, 0.1) is 11.8 Å². The van der Waals surface area contributed by atoms with Crippen molar-refractivity contribution >= 4 is 0 Å². The van der Waals surface area contributed by atoms with Crippen molar-refractivity contribution in [1.82, 2.24) is 0 Å². The van der Waals surface area contributed by atoms with Crippen LogP contribution in [0.5, 0.6) is 0 Å². The van der Waals surface area contributed by atoms with Crippen molar-refractivity contribution in [3.05, 3.63) is 84.4 Å². The van der Waals surface area contributed by atoms with Gasteiger partial charge in [-0.25, -0.2) is 0 Å². The molecule has 102 valence electrons. The van der Waals surface area contributed by atoms with Gasteiger partial charge in [0.1, 0.15) is 0 Å². The van der Waals surface area contributed by atoms with Crippen molar-refractivity contribution in [1.29, 1.82) is 0 Å². The Morgan fingerprint density at radius 1 is 1.00 bits per heavy atom. The fraction of sp³-hybridized carbons (Fsp3) is 0.263. The lowest BCUT2D eigenvalue weighted by Crippen LogP contribution is -2.15. The Morgan fingerprint density at radius 3 is 2.30 bits per heavy atom. The van der Waals surface area contributed by atoms with Crippen LogP contribution in [0.2, 0.25) is 0 Å². The van der Waals surface area contributed by atoms with Gasteiger partial charge in [0.25, 0.3) is 0 Å². The zero-order chi connectivity index (χ0) is 13.8. The predicted molar refractivity (Wildman–Crippen MR) is 82.5 cm³/mol. The Morgan fingerprint density at radius 2 is 1.65 bits per heavy atom. The van der Waals surface area contributed by atoms with Crippen LogP contribution in [0.3, 0.4) is 0 Å². The van der Waals surface area contributed by atoms with Gasteiger partial charge < -0.3 is 4.74 Å². The molecule has 1 aliphatic heterocycles. The first-order valence-corrected chi connectivity index (χ1v) is 7.21. The molecule has 0 amide bonds. The highest BCUT2D eigenvalue weighted by Crippen LogP contribution is 2.40. The van der Waals surface area contributed by atoms with Crippen LogP contribution in [-0.4, -0.2) is 6.61 Å². The fourth-order valence-corrected chi connectivity index (χ4v) is 3.09. The first kappa shape index (κ1) is 13.1. The Kier molecular flexibility index (Phi) is 3.98. The van der Waals surface area contributed by atoms with Crippen molar-refractivity contribution in [3.8, 4) is 0 Å². The molecule has 0 bridgehead atoms. The molecule has 1 heterocycles. The van der Waals surface area contributed by atoms with Crippen LogP contribution >= 0.6 is 0 Å². The molecule has 3 rings (SSSR count). The van der Waals surface area contributed by atoms with Gasteiger partial charge in [-0.15, -0.1) is 6.58 Å². The molecule has 0 spiro atoms. The Balaban J connectivity index is 1.76. The second-order valence-corrected chi connectivity index (χ2v) is 5.43. The summed E-state index contributed by atoms with van der Waals surface area (Å²) < 4.78 is 6.06. The van der Waals surface area contributed by atoms with Crippen LogP contribution < -0.4 is 0 Å². The number of rotatable bonds is 4. The molecule has 2 aromatic carbocycles. The molecular formula is C19H20O. The molecular weight excluding hydrogens is 244 g/mol. The molecule has 0 aromatic heterocycles. The molecule has 1 nitrogen and oxygen atoms in total. The molecule has 0 aliphatic carbocycles. The number of benzene rings is 2. The summed E-state index contributed by atoms with van der Waals surface area (Å²) in [7, 11) is 0. The van der Waals surface area contributed by atoms with Crippen LogP contribution in [-0.2, 0) is 11.2 Å². The van der Waals surface area contributed by atoms with E-state index in [1.165, 1.54) is 11.1 Å². The smallest absolute Gasteiger partial charge is 0.0891 e. The monoisotopic (exact) mass is 264 g/mol. The largest absolute Gasteiger partial charge is 0.373 e. The third-order valence-corrected chi connectivity index (χ3v) is 4.12. The maximum Gasteiger partial charge on any atom is 0.0891 e. The lowest BCUT2D eigenvalue weighted by molar-refractivity contribution is 0.0977. The van der Waals surface area contributed by atoms with Gasteiger partial charge in [-0.05, 0) is 23.5 Å². The molecule has 0 N–H and O–H groups in total. The minimum atomic E-state index is 0.155. The van der Waals surface area contributed by atoms with Gasteiger partial charge in [-0.1, -0.05) is 66.7 Å². The molecule has 2 aromatic rings. The molecule has 1 aliphatic rings. The maximum atomic E-state index is 6.06. The third-order valence-electron chi connectivity index (χ3n) is 4.12. The third kappa shape index (κ3) is 2.68. The molecule has 3 atom stereocenters. The predicted octanol–water partition coefficient (Wildman–Crippen LogP) is 4.42. The molecule has 0 unspecified atom stereocenters. The summed E-state index contributed by atoms with van der Waals surface area (Å²) >= 11 is 0. The summed E-state index contributed by atoms with van der Waals surface area (Å²) in [4.78, 5) is 0. The highest BCUT2D eigenvalue weighted by molar-refractivity contribution is 5.22. The molecule has 1 heteroatoms. The molecule has 20 heavy (non-hydrogen) atoms. The van der Waals surface area contributed by atoms with Gasteiger partial charge in [-0.3, -0.25) is 0 Å². The molecule has 0 saturated carbocycles. The zero-order valence-electron chi connectivity index (χ0n) is 11.6. The Labute approximate surface area is 120 Å². The van der Waals surface area contributed by atoms with Crippen molar-refractivity contribution in [2.45, 2.75) is 12.5 Å². The number of hydrogen-bond donors (Lipinski definition) is 0. The quantitative estimate of drug-likeness (QED) is 0.743. The lowest BCUT2D eigenvalue weighted by atomic mass is 9.84. The highest BCUT2D eigenvalue weighted by Gasteiger charge is 2.35. The van der Waals surface area contributed by atoms with Crippen LogP contribution in [0.25, 0.3) is 0 Å². The molecule has 0 radical (unpaired) electrons. The fourth-order valence-electron chi connectivity index (χ4n) is 3.09. The van der Waals surface area contributed by atoms with Crippen molar-refractivity contribution < 1.29 is 4.74 Å². The minimum Gasteiger partial charge on any atom is -0.373 e. The van der Waals surface area contributed by atoms with Crippen molar-refractivity contribution in [2.24, 2.45) is 11.8 Å². The van der Waals surface area contributed by atoms with E-state index in [1.807, 2.05) is 6.07 Å². The summed E-state index contributed by atoms with van der Waals surface area (Å²) in [6.07, 6.45) is 3.28. The van der Waals surface area contributed by atoms with Crippen LogP contribution in [0.15, 0.2) is 73.3 Å². The second kappa shape index (κ2) is 6.06. The van der Waals surface area contributed by atoms with E-state index < -0.39 is 0 Å². The van der Waals surface area contributed by atoms with Gasteiger partial charge in [0.15, 0.2) is 0 Å². The van der Waals surface area contributed by atoms with E-state index in [9.17, 15) is 0 Å². The zero-order valence-corrected chi connectivity index (χ0v) is 11.6. The number of hydrogen-bond acceptors (Lipinski definition) is 1. The van der Waals surface area contributed by atoms with E-state index in [-0.39, 0.29) is 6.10 Å². The Hall–Kier alpha value is -1.86. The van der Waals surface area contributed by atoms with E-state index in [0.717, 1.165) is 13.0 Å². The second-order valence-electron chi connectivity index (χ2n) is 5.43.